The fourth-order valence-corrected chi connectivity index (χ4v) is 1.65. The molecule has 1 amide bonds. The number of likely N-dealkylation sites (tertiary alicyclic amines) is 1. The molecule has 14 heavy (non-hydrogen) atoms. The van der Waals surface area contributed by atoms with Gasteiger partial charge in [0.2, 0.25) is 5.91 Å². The normalized spacial score (nSPS) is 21.6. The van der Waals surface area contributed by atoms with Crippen molar-refractivity contribution in [2.45, 2.75) is 25.8 Å². The third-order valence-electron chi connectivity index (χ3n) is 2.32. The Morgan fingerprint density at radius 1 is 1.50 bits per heavy atom. The Morgan fingerprint density at radius 2 is 2.21 bits per heavy atom. The molecule has 1 fully saturated rings. The Balaban J connectivity index is 2.68. The molecule has 78 valence electrons. The SMILES string of the molecule is C/C=C/C(=O)N1CCC[C@@H]1C(=O)OC. The lowest BCUT2D eigenvalue weighted by Gasteiger charge is -2.20. The lowest BCUT2D eigenvalue weighted by atomic mass is 10.2. The van der Waals surface area contributed by atoms with E-state index in [0.717, 1.165) is 6.42 Å². The van der Waals surface area contributed by atoms with Crippen LogP contribution in [-0.2, 0) is 14.3 Å². The summed E-state index contributed by atoms with van der Waals surface area (Å²) >= 11 is 0. The molecule has 0 saturated carbocycles. The van der Waals surface area contributed by atoms with Gasteiger partial charge in [-0.2, -0.15) is 0 Å². The Bertz CT molecular complexity index is 260. The van der Waals surface area contributed by atoms with Gasteiger partial charge in [0.15, 0.2) is 0 Å². The van der Waals surface area contributed by atoms with Crippen LogP contribution in [0, 0.1) is 0 Å². The van der Waals surface area contributed by atoms with Gasteiger partial charge < -0.3 is 9.64 Å². The number of hydrogen-bond acceptors (Lipinski definition) is 3. The molecule has 1 saturated heterocycles. The zero-order valence-corrected chi connectivity index (χ0v) is 8.53. The van der Waals surface area contributed by atoms with Gasteiger partial charge in [-0.05, 0) is 25.8 Å². The molecule has 0 unspecified atom stereocenters. The first kappa shape index (κ1) is 10.8. The first-order valence-electron chi connectivity index (χ1n) is 4.71. The fourth-order valence-electron chi connectivity index (χ4n) is 1.65. The van der Waals surface area contributed by atoms with Crippen molar-refractivity contribution in [3.8, 4) is 0 Å². The maximum absolute atomic E-state index is 11.5. The minimum absolute atomic E-state index is 0.111. The van der Waals surface area contributed by atoms with Crippen molar-refractivity contribution in [3.05, 3.63) is 12.2 Å². The standard InChI is InChI=1S/C10H15NO3/c1-3-5-9(12)11-7-4-6-8(11)10(13)14-2/h3,5,8H,4,6-7H2,1-2H3/b5-3+/t8-/m1/s1. The van der Waals surface area contributed by atoms with Crippen LogP contribution in [0.2, 0.25) is 0 Å². The smallest absolute Gasteiger partial charge is 0.328 e. The van der Waals surface area contributed by atoms with Crippen molar-refractivity contribution >= 4 is 11.9 Å². The number of rotatable bonds is 2. The molecule has 1 rings (SSSR count). The van der Waals surface area contributed by atoms with Crippen LogP contribution in [0.4, 0.5) is 0 Å². The third-order valence-corrected chi connectivity index (χ3v) is 2.32. The average Bonchev–Trinajstić information content (AvgIpc) is 2.65. The van der Waals surface area contributed by atoms with Gasteiger partial charge in [-0.15, -0.1) is 0 Å². The summed E-state index contributed by atoms with van der Waals surface area (Å²) < 4.78 is 4.64. The largest absolute Gasteiger partial charge is 0.467 e. The molecule has 4 heteroatoms. The first-order chi connectivity index (χ1) is 6.70. The van der Waals surface area contributed by atoms with Crippen LogP contribution in [0.1, 0.15) is 19.8 Å². The molecular weight excluding hydrogens is 182 g/mol. The predicted octanol–water partition coefficient (Wildman–Crippen LogP) is 0.726. The van der Waals surface area contributed by atoms with Crippen molar-refractivity contribution in [3.63, 3.8) is 0 Å². The molecular formula is C10H15NO3. The number of esters is 1. The first-order valence-corrected chi connectivity index (χ1v) is 4.71. The number of nitrogens with zero attached hydrogens (tertiary/aromatic N) is 1. The highest BCUT2D eigenvalue weighted by Gasteiger charge is 2.33. The molecule has 4 nitrogen and oxygen atoms in total. The van der Waals surface area contributed by atoms with Crippen LogP contribution >= 0.6 is 0 Å². The van der Waals surface area contributed by atoms with Gasteiger partial charge in [-0.25, -0.2) is 4.79 Å². The Kier molecular flexibility index (Phi) is 3.68. The Morgan fingerprint density at radius 3 is 2.79 bits per heavy atom. The van der Waals surface area contributed by atoms with E-state index in [9.17, 15) is 9.59 Å². The summed E-state index contributed by atoms with van der Waals surface area (Å²) in [6, 6.07) is -0.385. The number of methoxy groups -OCH3 is 1. The van der Waals surface area contributed by atoms with Gasteiger partial charge in [0, 0.05) is 6.54 Å². The number of hydrogen-bond donors (Lipinski definition) is 0. The second-order valence-electron chi connectivity index (χ2n) is 3.21. The number of ether oxygens (including phenoxy) is 1. The van der Waals surface area contributed by atoms with E-state index in [1.54, 1.807) is 17.9 Å². The Labute approximate surface area is 83.5 Å². The fraction of sp³-hybridized carbons (Fsp3) is 0.600. The topological polar surface area (TPSA) is 46.6 Å². The van der Waals surface area contributed by atoms with Gasteiger partial charge in [0.25, 0.3) is 0 Å². The molecule has 0 radical (unpaired) electrons. The zero-order valence-electron chi connectivity index (χ0n) is 8.53. The quantitative estimate of drug-likeness (QED) is 0.484. The van der Waals surface area contributed by atoms with Crippen LogP contribution in [0.15, 0.2) is 12.2 Å². The second-order valence-corrected chi connectivity index (χ2v) is 3.21. The second kappa shape index (κ2) is 4.79. The van der Waals surface area contributed by atoms with Crippen LogP contribution in [0.25, 0.3) is 0 Å². The van der Waals surface area contributed by atoms with Gasteiger partial charge in [0.05, 0.1) is 7.11 Å². The summed E-state index contributed by atoms with van der Waals surface area (Å²) in [6.07, 6.45) is 4.72. The summed E-state index contributed by atoms with van der Waals surface area (Å²) in [4.78, 5) is 24.4. The van der Waals surface area contributed by atoms with E-state index < -0.39 is 0 Å². The van der Waals surface area contributed by atoms with E-state index in [2.05, 4.69) is 4.74 Å². The van der Waals surface area contributed by atoms with Gasteiger partial charge in [0.1, 0.15) is 6.04 Å². The summed E-state index contributed by atoms with van der Waals surface area (Å²) in [7, 11) is 1.35. The van der Waals surface area contributed by atoms with Crippen LogP contribution < -0.4 is 0 Å². The summed E-state index contributed by atoms with van der Waals surface area (Å²) in [5, 5.41) is 0. The van der Waals surface area contributed by atoms with E-state index in [1.807, 2.05) is 0 Å². The summed E-state index contributed by atoms with van der Waals surface area (Å²) in [6.45, 7) is 2.42. The van der Waals surface area contributed by atoms with Crippen molar-refractivity contribution in [2.75, 3.05) is 13.7 Å². The van der Waals surface area contributed by atoms with E-state index in [-0.39, 0.29) is 17.9 Å². The van der Waals surface area contributed by atoms with Crippen LogP contribution in [0.3, 0.4) is 0 Å². The number of allylic oxidation sites excluding steroid dienone is 1. The maximum atomic E-state index is 11.5. The number of carbonyl (C=O) groups excluding carboxylic acids is 2. The van der Waals surface area contributed by atoms with Crippen molar-refractivity contribution in [2.24, 2.45) is 0 Å². The Hall–Kier alpha value is -1.32. The zero-order chi connectivity index (χ0) is 10.6. The minimum atomic E-state index is -0.385. The van der Waals surface area contributed by atoms with E-state index in [0.29, 0.717) is 13.0 Å². The van der Waals surface area contributed by atoms with E-state index >= 15 is 0 Å². The lowest BCUT2D eigenvalue weighted by molar-refractivity contribution is -0.149. The monoisotopic (exact) mass is 197 g/mol. The maximum Gasteiger partial charge on any atom is 0.328 e. The molecule has 0 aromatic rings. The molecule has 0 aromatic heterocycles. The van der Waals surface area contributed by atoms with Gasteiger partial charge in [-0.3, -0.25) is 4.79 Å². The molecule has 0 N–H and O–H groups in total. The van der Waals surface area contributed by atoms with Crippen molar-refractivity contribution < 1.29 is 14.3 Å². The van der Waals surface area contributed by atoms with E-state index in [4.69, 9.17) is 0 Å². The lowest BCUT2D eigenvalue weighted by Crippen LogP contribution is -2.40. The molecule has 1 aliphatic rings. The summed E-state index contributed by atoms with van der Waals surface area (Å²) in [5.74, 6) is -0.430. The molecule has 1 heterocycles. The van der Waals surface area contributed by atoms with Crippen LogP contribution in [0.5, 0.6) is 0 Å². The number of amides is 1. The molecule has 1 atom stereocenters. The average molecular weight is 197 g/mol. The molecule has 0 bridgehead atoms. The van der Waals surface area contributed by atoms with Crippen molar-refractivity contribution in [1.82, 2.24) is 4.90 Å². The third kappa shape index (κ3) is 2.13. The summed E-state index contributed by atoms with van der Waals surface area (Å²) in [5.41, 5.74) is 0. The molecule has 0 aliphatic carbocycles. The van der Waals surface area contributed by atoms with Gasteiger partial charge in [-0.1, -0.05) is 6.08 Å². The highest BCUT2D eigenvalue weighted by molar-refractivity contribution is 5.91. The van der Waals surface area contributed by atoms with Crippen molar-refractivity contribution in [1.29, 1.82) is 0 Å². The highest BCUT2D eigenvalue weighted by atomic mass is 16.5. The molecule has 0 aromatic carbocycles. The van der Waals surface area contributed by atoms with Crippen LogP contribution in [-0.4, -0.2) is 36.5 Å². The minimum Gasteiger partial charge on any atom is -0.467 e. The molecule has 0 spiro atoms. The van der Waals surface area contributed by atoms with Gasteiger partial charge >= 0.3 is 5.97 Å². The predicted molar refractivity (Wildman–Crippen MR) is 51.6 cm³/mol. The molecule has 1 aliphatic heterocycles. The highest BCUT2D eigenvalue weighted by Crippen LogP contribution is 2.18. The van der Waals surface area contributed by atoms with E-state index in [1.165, 1.54) is 13.2 Å². The number of carbonyl (C=O) groups is 2.